The van der Waals surface area contributed by atoms with E-state index in [4.69, 9.17) is 4.74 Å². The average Bonchev–Trinajstić information content (AvgIpc) is 2.97. The number of amides is 2. The summed E-state index contributed by atoms with van der Waals surface area (Å²) in [6.07, 6.45) is 0.722. The summed E-state index contributed by atoms with van der Waals surface area (Å²) < 4.78 is 4.87. The van der Waals surface area contributed by atoms with Crippen LogP contribution in [0.3, 0.4) is 0 Å². The summed E-state index contributed by atoms with van der Waals surface area (Å²) in [6.45, 7) is 3.66. The van der Waals surface area contributed by atoms with Gasteiger partial charge in [0, 0.05) is 37.6 Å². The van der Waals surface area contributed by atoms with Gasteiger partial charge in [-0.15, -0.1) is 11.3 Å². The zero-order chi connectivity index (χ0) is 15.8. The number of aryl methyl sites for hydroxylation is 1. The smallest absolute Gasteiger partial charge is 0.314 e. The summed E-state index contributed by atoms with van der Waals surface area (Å²) in [6, 6.07) is 8.16. The molecule has 0 saturated heterocycles. The first-order valence-electron chi connectivity index (χ1n) is 7.21. The van der Waals surface area contributed by atoms with E-state index in [1.165, 1.54) is 5.56 Å². The molecular formula is C16H21N3O2S. The van der Waals surface area contributed by atoms with Crippen LogP contribution in [0.25, 0.3) is 10.6 Å². The molecule has 6 heteroatoms. The standard InChI is InChI=1S/C16H21N3O2S/c1-12-3-5-13(6-4-12)15-19-14(11-22-15)7-8-17-16(20)18-9-10-21-2/h3-6,11H,7-10H2,1-2H3,(H2,17,18,20). The lowest BCUT2D eigenvalue weighted by atomic mass is 10.2. The molecule has 1 aromatic carbocycles. The van der Waals surface area contributed by atoms with Crippen molar-refractivity contribution in [2.45, 2.75) is 13.3 Å². The molecule has 0 aliphatic heterocycles. The Bertz CT molecular complexity index is 596. The highest BCUT2D eigenvalue weighted by molar-refractivity contribution is 7.13. The van der Waals surface area contributed by atoms with Crippen molar-refractivity contribution in [1.29, 1.82) is 0 Å². The van der Waals surface area contributed by atoms with Gasteiger partial charge in [-0.25, -0.2) is 9.78 Å². The van der Waals surface area contributed by atoms with Crippen LogP contribution >= 0.6 is 11.3 Å². The summed E-state index contributed by atoms with van der Waals surface area (Å²) >= 11 is 1.63. The predicted molar refractivity (Wildman–Crippen MR) is 89.3 cm³/mol. The largest absolute Gasteiger partial charge is 0.383 e. The van der Waals surface area contributed by atoms with Gasteiger partial charge in [-0.3, -0.25) is 0 Å². The van der Waals surface area contributed by atoms with Crippen LogP contribution in [0.5, 0.6) is 0 Å². The van der Waals surface area contributed by atoms with E-state index >= 15 is 0 Å². The van der Waals surface area contributed by atoms with Gasteiger partial charge in [-0.1, -0.05) is 29.8 Å². The zero-order valence-electron chi connectivity index (χ0n) is 12.9. The minimum absolute atomic E-state index is 0.175. The van der Waals surface area contributed by atoms with E-state index in [9.17, 15) is 4.79 Å². The molecule has 0 aliphatic rings. The molecule has 0 saturated carbocycles. The minimum atomic E-state index is -0.175. The first-order chi connectivity index (χ1) is 10.7. The van der Waals surface area contributed by atoms with Crippen LogP contribution in [0.2, 0.25) is 0 Å². The molecule has 1 heterocycles. The number of methoxy groups -OCH3 is 1. The fourth-order valence-corrected chi connectivity index (χ4v) is 2.74. The third-order valence-electron chi connectivity index (χ3n) is 3.11. The van der Waals surface area contributed by atoms with Crippen molar-refractivity contribution in [2.24, 2.45) is 0 Å². The Balaban J connectivity index is 1.78. The van der Waals surface area contributed by atoms with Crippen molar-refractivity contribution < 1.29 is 9.53 Å². The van der Waals surface area contributed by atoms with E-state index in [1.54, 1.807) is 18.4 Å². The predicted octanol–water partition coefficient (Wildman–Crippen LogP) is 2.61. The average molecular weight is 319 g/mol. The maximum atomic E-state index is 11.5. The van der Waals surface area contributed by atoms with Crippen LogP contribution < -0.4 is 10.6 Å². The Labute approximate surface area is 134 Å². The van der Waals surface area contributed by atoms with Gasteiger partial charge in [-0.05, 0) is 6.92 Å². The number of ether oxygens (including phenoxy) is 1. The van der Waals surface area contributed by atoms with E-state index in [1.807, 2.05) is 5.38 Å². The maximum absolute atomic E-state index is 11.5. The number of hydrogen-bond donors (Lipinski definition) is 2. The summed E-state index contributed by atoms with van der Waals surface area (Å²) in [5.74, 6) is 0. The molecule has 2 rings (SSSR count). The van der Waals surface area contributed by atoms with Crippen LogP contribution in [0.4, 0.5) is 4.79 Å². The first-order valence-corrected chi connectivity index (χ1v) is 8.09. The molecule has 0 unspecified atom stereocenters. The van der Waals surface area contributed by atoms with Crippen molar-refractivity contribution in [3.63, 3.8) is 0 Å². The van der Waals surface area contributed by atoms with E-state index in [0.29, 0.717) is 19.7 Å². The van der Waals surface area contributed by atoms with E-state index in [0.717, 1.165) is 22.7 Å². The number of urea groups is 1. The summed E-state index contributed by atoms with van der Waals surface area (Å²) in [5.41, 5.74) is 3.37. The Morgan fingerprint density at radius 3 is 2.68 bits per heavy atom. The molecule has 0 atom stereocenters. The van der Waals surface area contributed by atoms with Gasteiger partial charge in [0.15, 0.2) is 0 Å². The van der Waals surface area contributed by atoms with Gasteiger partial charge >= 0.3 is 6.03 Å². The molecule has 2 aromatic rings. The zero-order valence-corrected chi connectivity index (χ0v) is 13.7. The van der Waals surface area contributed by atoms with Crippen molar-refractivity contribution in [3.05, 3.63) is 40.9 Å². The Morgan fingerprint density at radius 1 is 1.23 bits per heavy atom. The van der Waals surface area contributed by atoms with Gasteiger partial charge < -0.3 is 15.4 Å². The first kappa shape index (κ1) is 16.5. The fourth-order valence-electron chi connectivity index (χ4n) is 1.88. The van der Waals surface area contributed by atoms with Gasteiger partial charge in [-0.2, -0.15) is 0 Å². The fraction of sp³-hybridized carbons (Fsp3) is 0.375. The number of carbonyl (C=O) groups is 1. The number of nitrogens with zero attached hydrogens (tertiary/aromatic N) is 1. The van der Waals surface area contributed by atoms with Gasteiger partial charge in [0.1, 0.15) is 5.01 Å². The Morgan fingerprint density at radius 2 is 1.95 bits per heavy atom. The monoisotopic (exact) mass is 319 g/mol. The lowest BCUT2D eigenvalue weighted by Gasteiger charge is -2.05. The third-order valence-corrected chi connectivity index (χ3v) is 4.05. The highest BCUT2D eigenvalue weighted by Gasteiger charge is 2.05. The molecule has 0 aliphatic carbocycles. The number of carbonyl (C=O) groups excluding carboxylic acids is 1. The Hall–Kier alpha value is -1.92. The highest BCUT2D eigenvalue weighted by atomic mass is 32.1. The number of hydrogen-bond acceptors (Lipinski definition) is 4. The summed E-state index contributed by atoms with van der Waals surface area (Å²) in [5, 5.41) is 8.57. The minimum Gasteiger partial charge on any atom is -0.383 e. The maximum Gasteiger partial charge on any atom is 0.314 e. The van der Waals surface area contributed by atoms with Crippen molar-refractivity contribution in [3.8, 4) is 10.6 Å². The molecule has 2 N–H and O–H groups in total. The van der Waals surface area contributed by atoms with Crippen LogP contribution in [-0.2, 0) is 11.2 Å². The molecule has 118 valence electrons. The van der Waals surface area contributed by atoms with E-state index in [2.05, 4.69) is 46.8 Å². The van der Waals surface area contributed by atoms with Crippen molar-refractivity contribution in [2.75, 3.05) is 26.8 Å². The quantitative estimate of drug-likeness (QED) is 0.771. The van der Waals surface area contributed by atoms with Crippen LogP contribution in [-0.4, -0.2) is 37.8 Å². The number of nitrogens with one attached hydrogen (secondary N) is 2. The molecule has 0 bridgehead atoms. The second-order valence-electron chi connectivity index (χ2n) is 4.94. The van der Waals surface area contributed by atoms with Crippen LogP contribution in [0.1, 0.15) is 11.3 Å². The number of thiazole rings is 1. The molecule has 1 aromatic heterocycles. The molecule has 0 spiro atoms. The molecule has 0 radical (unpaired) electrons. The van der Waals surface area contributed by atoms with Gasteiger partial charge in [0.25, 0.3) is 0 Å². The molecule has 22 heavy (non-hydrogen) atoms. The van der Waals surface area contributed by atoms with Crippen LogP contribution in [0.15, 0.2) is 29.6 Å². The van der Waals surface area contributed by atoms with Gasteiger partial charge in [0.05, 0.1) is 12.3 Å². The Kier molecular flexibility index (Phi) is 6.36. The van der Waals surface area contributed by atoms with Gasteiger partial charge in [0.2, 0.25) is 0 Å². The van der Waals surface area contributed by atoms with Crippen molar-refractivity contribution in [1.82, 2.24) is 15.6 Å². The number of benzene rings is 1. The molecule has 2 amide bonds. The lowest BCUT2D eigenvalue weighted by molar-refractivity contribution is 0.196. The normalized spacial score (nSPS) is 10.5. The summed E-state index contributed by atoms with van der Waals surface area (Å²) in [7, 11) is 1.60. The highest BCUT2D eigenvalue weighted by Crippen LogP contribution is 2.23. The summed E-state index contributed by atoms with van der Waals surface area (Å²) in [4.78, 5) is 16.1. The van der Waals surface area contributed by atoms with E-state index in [-0.39, 0.29) is 6.03 Å². The second-order valence-corrected chi connectivity index (χ2v) is 5.79. The van der Waals surface area contributed by atoms with E-state index < -0.39 is 0 Å². The molecule has 0 fully saturated rings. The van der Waals surface area contributed by atoms with Crippen LogP contribution in [0, 0.1) is 6.92 Å². The lowest BCUT2D eigenvalue weighted by Crippen LogP contribution is -2.38. The molecular weight excluding hydrogens is 298 g/mol. The van der Waals surface area contributed by atoms with Crippen molar-refractivity contribution >= 4 is 17.4 Å². The number of aromatic nitrogens is 1. The third kappa shape index (κ3) is 5.13. The second kappa shape index (κ2) is 8.51. The SMILES string of the molecule is COCCNC(=O)NCCc1csc(-c2ccc(C)cc2)n1. The topological polar surface area (TPSA) is 63.2 Å². The number of rotatable bonds is 7. The molecule has 5 nitrogen and oxygen atoms in total.